The topological polar surface area (TPSA) is 68.9 Å². The first-order chi connectivity index (χ1) is 12.7. The summed E-state index contributed by atoms with van der Waals surface area (Å²) < 4.78 is 1.28. The van der Waals surface area contributed by atoms with Crippen molar-refractivity contribution in [1.82, 2.24) is 4.98 Å². The molecule has 2 aromatic heterocycles. The lowest BCUT2D eigenvalue weighted by molar-refractivity contribution is 0.473. The second-order valence-electron chi connectivity index (χ2n) is 6.66. The van der Waals surface area contributed by atoms with Gasteiger partial charge in [-0.1, -0.05) is 0 Å². The van der Waals surface area contributed by atoms with Crippen LogP contribution in [-0.4, -0.2) is 10.1 Å². The third-order valence-electron chi connectivity index (χ3n) is 4.88. The van der Waals surface area contributed by atoms with E-state index in [9.17, 15) is 5.11 Å². The highest BCUT2D eigenvalue weighted by molar-refractivity contribution is 7.17. The first-order valence-electron chi connectivity index (χ1n) is 8.53. The number of thiophene rings is 1. The Morgan fingerprint density at radius 3 is 2.85 bits per heavy atom. The van der Waals surface area contributed by atoms with Gasteiger partial charge in [-0.2, -0.15) is 5.26 Å². The fourth-order valence-electron chi connectivity index (χ4n) is 3.36. The number of aromatic hydroxyl groups is 1. The summed E-state index contributed by atoms with van der Waals surface area (Å²) in [5, 5.41) is 26.8. The number of nitriles is 1. The number of aromatic nitrogens is 1. The molecule has 5 rings (SSSR count). The summed E-state index contributed by atoms with van der Waals surface area (Å²) in [4.78, 5) is 4.55. The normalized spacial score (nSPS) is 13.8. The second kappa shape index (κ2) is 5.72. The van der Waals surface area contributed by atoms with E-state index < -0.39 is 0 Å². The summed E-state index contributed by atoms with van der Waals surface area (Å²) >= 11 is 1.79. The van der Waals surface area contributed by atoms with Gasteiger partial charge in [0.15, 0.2) is 0 Å². The first kappa shape index (κ1) is 15.2. The van der Waals surface area contributed by atoms with E-state index in [0.29, 0.717) is 0 Å². The summed E-state index contributed by atoms with van der Waals surface area (Å²) in [6, 6.07) is 13.3. The molecule has 26 heavy (non-hydrogen) atoms. The predicted molar refractivity (Wildman–Crippen MR) is 105 cm³/mol. The van der Waals surface area contributed by atoms with Crippen molar-refractivity contribution in [3.05, 3.63) is 59.1 Å². The Labute approximate surface area is 154 Å². The van der Waals surface area contributed by atoms with Gasteiger partial charge in [-0.05, 0) is 71.5 Å². The molecule has 0 spiro atoms. The number of nitrogens with one attached hydrogen (secondary N) is 1. The smallest absolute Gasteiger partial charge is 0.133 e. The molecule has 0 atom stereocenters. The minimum absolute atomic E-state index is 0.00876. The van der Waals surface area contributed by atoms with Gasteiger partial charge in [0.2, 0.25) is 0 Å². The highest BCUT2D eigenvalue weighted by atomic mass is 32.1. The van der Waals surface area contributed by atoms with Crippen LogP contribution in [0.15, 0.2) is 48.0 Å². The average Bonchev–Trinajstić information content (AvgIpc) is 3.42. The van der Waals surface area contributed by atoms with Gasteiger partial charge in [-0.25, -0.2) is 0 Å². The number of nitrogens with zero attached hydrogens (tertiary/aromatic N) is 2. The number of phenolic OH excluding ortho intramolecular Hbond substituents is 1. The zero-order valence-corrected chi connectivity index (χ0v) is 14.7. The molecule has 0 saturated heterocycles. The molecule has 4 nitrogen and oxygen atoms in total. The Bertz CT molecular complexity index is 1200. The summed E-state index contributed by atoms with van der Waals surface area (Å²) in [6.45, 7) is 0. The molecular weight excluding hydrogens is 342 g/mol. The molecule has 1 fully saturated rings. The molecule has 2 heterocycles. The molecule has 126 valence electrons. The Morgan fingerprint density at radius 2 is 2.04 bits per heavy atom. The maximum absolute atomic E-state index is 9.68. The van der Waals surface area contributed by atoms with Gasteiger partial charge in [0.05, 0.1) is 11.1 Å². The third-order valence-corrected chi connectivity index (χ3v) is 5.84. The highest BCUT2D eigenvalue weighted by Crippen LogP contribution is 2.46. The lowest BCUT2D eigenvalue weighted by Gasteiger charge is -2.11. The van der Waals surface area contributed by atoms with Crippen LogP contribution in [0.5, 0.6) is 5.75 Å². The van der Waals surface area contributed by atoms with Crippen molar-refractivity contribution < 1.29 is 5.11 Å². The number of anilines is 2. The van der Waals surface area contributed by atoms with E-state index in [-0.39, 0.29) is 11.3 Å². The minimum Gasteiger partial charge on any atom is -0.507 e. The molecule has 5 heteroatoms. The number of phenols is 1. The van der Waals surface area contributed by atoms with Crippen LogP contribution >= 0.6 is 11.3 Å². The lowest BCUT2D eigenvalue weighted by Crippen LogP contribution is -1.93. The first-order valence-corrected chi connectivity index (χ1v) is 9.41. The maximum atomic E-state index is 9.68. The Balaban J connectivity index is 1.61. The fourth-order valence-corrected chi connectivity index (χ4v) is 4.43. The number of fused-ring (bicyclic) bond motifs is 2. The molecule has 2 aromatic carbocycles. The Kier molecular flexibility index (Phi) is 3.34. The van der Waals surface area contributed by atoms with E-state index >= 15 is 0 Å². The van der Waals surface area contributed by atoms with E-state index in [1.54, 1.807) is 29.7 Å². The van der Waals surface area contributed by atoms with Crippen molar-refractivity contribution in [2.75, 3.05) is 5.32 Å². The average molecular weight is 357 g/mol. The van der Waals surface area contributed by atoms with E-state index in [0.717, 1.165) is 28.2 Å². The zero-order valence-electron chi connectivity index (χ0n) is 13.9. The van der Waals surface area contributed by atoms with Crippen LogP contribution < -0.4 is 5.32 Å². The van der Waals surface area contributed by atoms with Crippen LogP contribution in [0.4, 0.5) is 11.4 Å². The minimum atomic E-state index is -0.00876. The molecule has 2 N–H and O–H groups in total. The van der Waals surface area contributed by atoms with Crippen LogP contribution in [0.2, 0.25) is 0 Å². The fraction of sp³-hybridized carbons (Fsp3) is 0.143. The van der Waals surface area contributed by atoms with Gasteiger partial charge >= 0.3 is 0 Å². The number of benzene rings is 2. The molecule has 0 amide bonds. The molecular formula is C21H15N3OS. The van der Waals surface area contributed by atoms with Crippen molar-refractivity contribution in [2.45, 2.75) is 18.8 Å². The monoisotopic (exact) mass is 357 g/mol. The predicted octanol–water partition coefficient (Wildman–Crippen LogP) is 5.65. The molecule has 0 bridgehead atoms. The zero-order chi connectivity index (χ0) is 17.7. The summed E-state index contributed by atoms with van der Waals surface area (Å²) in [6.07, 6.45) is 4.38. The van der Waals surface area contributed by atoms with Crippen molar-refractivity contribution in [3.8, 4) is 11.8 Å². The van der Waals surface area contributed by atoms with Gasteiger partial charge < -0.3 is 10.4 Å². The quantitative estimate of drug-likeness (QED) is 0.465. The molecule has 0 aliphatic heterocycles. The van der Waals surface area contributed by atoms with Crippen LogP contribution in [-0.2, 0) is 0 Å². The molecule has 4 aromatic rings. The summed E-state index contributed by atoms with van der Waals surface area (Å²) in [7, 11) is 0. The number of hydrogen-bond acceptors (Lipinski definition) is 5. The largest absolute Gasteiger partial charge is 0.507 e. The van der Waals surface area contributed by atoms with E-state index in [2.05, 4.69) is 27.8 Å². The van der Waals surface area contributed by atoms with Crippen LogP contribution in [0.25, 0.3) is 21.0 Å². The molecule has 1 saturated carbocycles. The number of rotatable bonds is 3. The summed E-state index contributed by atoms with van der Waals surface area (Å²) in [5.41, 5.74) is 4.37. The summed E-state index contributed by atoms with van der Waals surface area (Å²) in [5.74, 6) is 0.717. The van der Waals surface area contributed by atoms with E-state index in [1.807, 2.05) is 12.1 Å². The molecule has 1 aliphatic carbocycles. The molecule has 0 unspecified atom stereocenters. The number of hydrogen-bond donors (Lipinski definition) is 2. The number of pyridine rings is 1. The maximum Gasteiger partial charge on any atom is 0.133 e. The molecule has 1 aliphatic rings. The Morgan fingerprint density at radius 1 is 1.15 bits per heavy atom. The van der Waals surface area contributed by atoms with E-state index in [1.165, 1.54) is 34.6 Å². The van der Waals surface area contributed by atoms with Gasteiger partial charge in [-0.15, -0.1) is 11.3 Å². The van der Waals surface area contributed by atoms with Gasteiger partial charge in [0.1, 0.15) is 11.8 Å². The van der Waals surface area contributed by atoms with Crippen molar-refractivity contribution in [2.24, 2.45) is 0 Å². The van der Waals surface area contributed by atoms with Gasteiger partial charge in [0, 0.05) is 27.7 Å². The van der Waals surface area contributed by atoms with Crippen LogP contribution in [0, 0.1) is 11.3 Å². The second-order valence-corrected chi connectivity index (χ2v) is 7.57. The standard InChI is InChI=1S/C21H15N3OS/c22-10-13-7-14(3-4-20(13)25)24-18-5-6-23-19-8-15-17(12-1-2-12)11-26-21(15)9-16(18)19/h3-9,11-12,25H,1-2H2,(H,23,24). The van der Waals surface area contributed by atoms with Gasteiger partial charge in [0.25, 0.3) is 0 Å². The van der Waals surface area contributed by atoms with Crippen molar-refractivity contribution in [1.29, 1.82) is 5.26 Å². The van der Waals surface area contributed by atoms with E-state index in [4.69, 9.17) is 5.26 Å². The van der Waals surface area contributed by atoms with Crippen molar-refractivity contribution in [3.63, 3.8) is 0 Å². The Hall–Kier alpha value is -3.10. The van der Waals surface area contributed by atoms with Crippen LogP contribution in [0.3, 0.4) is 0 Å². The van der Waals surface area contributed by atoms with Crippen LogP contribution in [0.1, 0.15) is 29.9 Å². The molecule has 0 radical (unpaired) electrons. The van der Waals surface area contributed by atoms with Gasteiger partial charge in [-0.3, -0.25) is 4.98 Å². The third kappa shape index (κ3) is 2.47. The SMILES string of the molecule is N#Cc1cc(Nc2ccnc3cc4c(C5CC5)csc4cc23)ccc1O. The highest BCUT2D eigenvalue weighted by Gasteiger charge is 2.26. The lowest BCUT2D eigenvalue weighted by atomic mass is 10.1. The van der Waals surface area contributed by atoms with Crippen molar-refractivity contribution >= 4 is 43.7 Å².